The zero-order chi connectivity index (χ0) is 27.0. The van der Waals surface area contributed by atoms with Crippen LogP contribution < -0.4 is 4.90 Å². The molecule has 0 spiro atoms. The van der Waals surface area contributed by atoms with Crippen molar-refractivity contribution in [1.29, 1.82) is 0 Å². The molecule has 4 saturated carbocycles. The van der Waals surface area contributed by atoms with E-state index >= 15 is 0 Å². The lowest BCUT2D eigenvalue weighted by Crippen LogP contribution is -2.58. The van der Waals surface area contributed by atoms with Crippen LogP contribution in [0, 0.1) is 58.0 Å². The minimum atomic E-state index is -0.914. The Kier molecular flexibility index (Phi) is 6.70. The van der Waals surface area contributed by atoms with Gasteiger partial charge in [-0.25, -0.2) is 8.78 Å². The summed E-state index contributed by atoms with van der Waals surface area (Å²) in [5, 5.41) is 22.1. The molecule has 0 aromatic heterocycles. The summed E-state index contributed by atoms with van der Waals surface area (Å²) in [6.45, 7) is 7.40. The second-order valence-corrected chi connectivity index (χ2v) is 14.1. The molecule has 4 fully saturated rings. The number of hydrogen-bond acceptors (Lipinski definition) is 3. The van der Waals surface area contributed by atoms with Gasteiger partial charge in [0.15, 0.2) is 11.6 Å². The molecule has 0 radical (unpaired) electrons. The molecule has 4 nitrogen and oxygen atoms in total. The smallest absolute Gasteiger partial charge is 0.227 e. The Balaban J connectivity index is 1.14. The van der Waals surface area contributed by atoms with Crippen LogP contribution in [0.25, 0.3) is 0 Å². The molecule has 6 rings (SSSR count). The normalized spacial score (nSPS) is 42.7. The van der Waals surface area contributed by atoms with Gasteiger partial charge in [0, 0.05) is 13.0 Å². The van der Waals surface area contributed by atoms with Crippen molar-refractivity contribution in [1.82, 2.24) is 0 Å². The largest absolute Gasteiger partial charge is 0.393 e. The topological polar surface area (TPSA) is 60.8 Å². The van der Waals surface area contributed by atoms with Gasteiger partial charge in [-0.1, -0.05) is 26.8 Å². The fraction of sp³-hybridized carbons (Fsp3) is 0.781. The number of aliphatic hydroxyl groups excluding tert-OH is 2. The third-order valence-corrected chi connectivity index (χ3v) is 12.6. The Bertz CT molecular complexity index is 1090. The van der Waals surface area contributed by atoms with Gasteiger partial charge in [-0.15, -0.1) is 0 Å². The minimum absolute atomic E-state index is 0.128. The molecule has 5 aliphatic rings. The van der Waals surface area contributed by atoms with Gasteiger partial charge in [-0.05, 0) is 122 Å². The second kappa shape index (κ2) is 9.54. The maximum absolute atomic E-state index is 14.5. The quantitative estimate of drug-likeness (QED) is 0.484. The van der Waals surface area contributed by atoms with E-state index in [9.17, 15) is 23.8 Å². The highest BCUT2D eigenvalue weighted by Gasteiger charge is 2.63. The van der Waals surface area contributed by atoms with Gasteiger partial charge >= 0.3 is 0 Å². The molecule has 1 heterocycles. The number of halogens is 2. The predicted molar refractivity (Wildman–Crippen MR) is 143 cm³/mol. The molecule has 10 atom stereocenters. The summed E-state index contributed by atoms with van der Waals surface area (Å²) < 4.78 is 28.4. The van der Waals surface area contributed by atoms with Gasteiger partial charge in [-0.3, -0.25) is 4.79 Å². The first kappa shape index (κ1) is 26.7. The number of carbonyl (C=O) groups excluding carboxylic acids is 1. The van der Waals surface area contributed by atoms with E-state index in [1.807, 2.05) is 0 Å². The summed E-state index contributed by atoms with van der Waals surface area (Å²) >= 11 is 0. The Morgan fingerprint density at radius 1 is 1.08 bits per heavy atom. The predicted octanol–water partition coefficient (Wildman–Crippen LogP) is 6.26. The van der Waals surface area contributed by atoms with Crippen LogP contribution in [0.1, 0.15) is 90.5 Å². The summed E-state index contributed by atoms with van der Waals surface area (Å²) in [6.07, 6.45) is 9.45. The van der Waals surface area contributed by atoms with E-state index in [2.05, 4.69) is 20.8 Å². The molecule has 2 N–H and O–H groups in total. The molecular weight excluding hydrogens is 484 g/mol. The van der Waals surface area contributed by atoms with Gasteiger partial charge in [0.05, 0.1) is 17.9 Å². The zero-order valence-electron chi connectivity index (χ0n) is 23.3. The molecule has 38 heavy (non-hydrogen) atoms. The summed E-state index contributed by atoms with van der Waals surface area (Å²) in [4.78, 5) is 14.6. The first-order valence-corrected chi connectivity index (χ1v) is 15.2. The number of carbonyl (C=O) groups is 1. The maximum atomic E-state index is 14.5. The monoisotopic (exact) mass is 529 g/mol. The van der Waals surface area contributed by atoms with Crippen molar-refractivity contribution in [3.8, 4) is 0 Å². The highest BCUT2D eigenvalue weighted by Crippen LogP contribution is 2.68. The summed E-state index contributed by atoms with van der Waals surface area (Å²) in [5.74, 6) is 0.926. The van der Waals surface area contributed by atoms with Crippen molar-refractivity contribution in [2.24, 2.45) is 46.3 Å². The summed E-state index contributed by atoms with van der Waals surface area (Å²) in [7, 11) is 0. The van der Waals surface area contributed by atoms with Crippen LogP contribution >= 0.6 is 0 Å². The van der Waals surface area contributed by atoms with E-state index in [1.54, 1.807) is 6.07 Å². The number of hydrogen-bond donors (Lipinski definition) is 2. The van der Waals surface area contributed by atoms with E-state index in [0.717, 1.165) is 44.6 Å². The molecule has 6 heteroatoms. The van der Waals surface area contributed by atoms with Crippen LogP contribution in [0.4, 0.5) is 14.5 Å². The number of benzene rings is 1. The molecule has 1 aromatic carbocycles. The standard InChI is InChI=1S/C32H45F2NO3/c1-18(4-11-28(38)35-15-13-19-5-10-26(33)29(34)30(19)35)23-8-9-24-22-7-6-20-16-21(36)12-14-31(20,2)25(22)17-27(37)32(23,24)3/h5,10,18,20-25,27,36-37H,4,6-9,11-17H2,1-3H3/t18-,20-,21-,22+,23-,24+,25+,27+,31+,32-/m1/s1. The van der Waals surface area contributed by atoms with Crippen molar-refractivity contribution < 1.29 is 23.8 Å². The van der Waals surface area contributed by atoms with Crippen molar-refractivity contribution in [2.75, 3.05) is 11.4 Å². The van der Waals surface area contributed by atoms with Crippen molar-refractivity contribution >= 4 is 11.6 Å². The van der Waals surface area contributed by atoms with Crippen LogP contribution in [-0.4, -0.2) is 34.9 Å². The van der Waals surface area contributed by atoms with E-state index in [0.29, 0.717) is 61.0 Å². The first-order chi connectivity index (χ1) is 18.1. The Morgan fingerprint density at radius 3 is 2.66 bits per heavy atom. The summed E-state index contributed by atoms with van der Waals surface area (Å²) in [5.41, 5.74) is 0.911. The Hall–Kier alpha value is -1.53. The fourth-order valence-electron chi connectivity index (χ4n) is 10.5. The maximum Gasteiger partial charge on any atom is 0.227 e. The SMILES string of the molecule is C[C@H](CCC(=O)N1CCc2ccc(F)c(F)c21)[C@H]1CC[C@H]2[C@@H]3CC[C@@H]4C[C@H](O)CC[C@]4(C)[C@H]3C[C@H](O)[C@]12C. The number of nitrogens with zero attached hydrogens (tertiary/aromatic N) is 1. The molecule has 0 saturated heterocycles. The van der Waals surface area contributed by atoms with Gasteiger partial charge in [0.2, 0.25) is 5.91 Å². The molecule has 210 valence electrons. The lowest BCUT2D eigenvalue weighted by Gasteiger charge is -2.62. The molecule has 0 bridgehead atoms. The van der Waals surface area contributed by atoms with Crippen molar-refractivity contribution in [2.45, 2.75) is 104 Å². The number of anilines is 1. The number of aliphatic hydroxyl groups is 2. The molecular formula is C32H45F2NO3. The molecule has 4 aliphatic carbocycles. The Morgan fingerprint density at radius 2 is 1.87 bits per heavy atom. The Labute approximate surface area is 226 Å². The highest BCUT2D eigenvalue weighted by molar-refractivity contribution is 5.95. The van der Waals surface area contributed by atoms with Crippen LogP contribution in [0.2, 0.25) is 0 Å². The van der Waals surface area contributed by atoms with Crippen LogP contribution in [0.15, 0.2) is 12.1 Å². The molecule has 0 unspecified atom stereocenters. The van der Waals surface area contributed by atoms with Gasteiger partial charge in [-0.2, -0.15) is 0 Å². The van der Waals surface area contributed by atoms with Crippen LogP contribution in [-0.2, 0) is 11.2 Å². The second-order valence-electron chi connectivity index (χ2n) is 14.1. The summed E-state index contributed by atoms with van der Waals surface area (Å²) in [6, 6.07) is 2.73. The lowest BCUT2D eigenvalue weighted by molar-refractivity contribution is -0.174. The molecule has 1 amide bonds. The van der Waals surface area contributed by atoms with Crippen molar-refractivity contribution in [3.63, 3.8) is 0 Å². The lowest BCUT2D eigenvalue weighted by atomic mass is 9.43. The van der Waals surface area contributed by atoms with E-state index in [4.69, 9.17) is 0 Å². The number of rotatable bonds is 4. The molecule has 1 aliphatic heterocycles. The van der Waals surface area contributed by atoms with E-state index in [1.165, 1.54) is 17.7 Å². The first-order valence-electron chi connectivity index (χ1n) is 15.2. The number of amides is 1. The van der Waals surface area contributed by atoms with Gasteiger partial charge in [0.1, 0.15) is 0 Å². The fourth-order valence-corrected chi connectivity index (χ4v) is 10.5. The highest BCUT2D eigenvalue weighted by atomic mass is 19.2. The van der Waals surface area contributed by atoms with Crippen molar-refractivity contribution in [3.05, 3.63) is 29.3 Å². The minimum Gasteiger partial charge on any atom is -0.393 e. The number of fused-ring (bicyclic) bond motifs is 6. The van der Waals surface area contributed by atoms with Gasteiger partial charge < -0.3 is 15.1 Å². The van der Waals surface area contributed by atoms with Crippen LogP contribution in [0.5, 0.6) is 0 Å². The van der Waals surface area contributed by atoms with Crippen LogP contribution in [0.3, 0.4) is 0 Å². The third-order valence-electron chi connectivity index (χ3n) is 12.6. The van der Waals surface area contributed by atoms with E-state index < -0.39 is 11.6 Å². The van der Waals surface area contributed by atoms with Gasteiger partial charge in [0.25, 0.3) is 0 Å². The van der Waals surface area contributed by atoms with E-state index in [-0.39, 0.29) is 40.6 Å². The average Bonchev–Trinajstić information content (AvgIpc) is 3.48. The zero-order valence-corrected chi connectivity index (χ0v) is 23.3. The third kappa shape index (κ3) is 3.90. The molecule has 1 aromatic rings. The average molecular weight is 530 g/mol.